The highest BCUT2D eigenvalue weighted by Crippen LogP contribution is 2.50. The summed E-state index contributed by atoms with van der Waals surface area (Å²) in [5, 5.41) is 11.6. The molecule has 1 aromatic heterocycles. The summed E-state index contributed by atoms with van der Waals surface area (Å²) in [6.45, 7) is 2.84. The number of benzene rings is 2. The molecule has 0 amide bonds. The number of hydrogen-bond acceptors (Lipinski definition) is 2. The minimum Gasteiger partial charge on any atom is -0.373 e. The molecule has 0 saturated heterocycles. The molecule has 0 unspecified atom stereocenters. The van der Waals surface area contributed by atoms with E-state index < -0.39 is 5.60 Å². The molecular weight excluding hydrogens is 260 g/mol. The Hall–Kier alpha value is -2.39. The second kappa shape index (κ2) is 4.30. The predicted octanol–water partition coefficient (Wildman–Crippen LogP) is 3.17. The first-order valence-corrected chi connectivity index (χ1v) is 7.20. The number of fused-ring (bicyclic) bond motifs is 3. The molecule has 0 radical (unpaired) electrons. The average Bonchev–Trinajstić information content (AvgIpc) is 3.11. The molecule has 0 spiro atoms. The van der Waals surface area contributed by atoms with Gasteiger partial charge < -0.3 is 9.67 Å². The molecule has 104 valence electrons. The second-order valence-electron chi connectivity index (χ2n) is 5.34. The van der Waals surface area contributed by atoms with Crippen LogP contribution in [0.3, 0.4) is 0 Å². The van der Waals surface area contributed by atoms with Crippen molar-refractivity contribution in [1.29, 1.82) is 0 Å². The minimum absolute atomic E-state index is 0.683. The van der Waals surface area contributed by atoms with E-state index in [2.05, 4.69) is 24.0 Å². The van der Waals surface area contributed by atoms with Crippen LogP contribution in [0.15, 0.2) is 60.9 Å². The van der Waals surface area contributed by atoms with Crippen molar-refractivity contribution in [1.82, 2.24) is 9.55 Å². The summed E-state index contributed by atoms with van der Waals surface area (Å²) in [7, 11) is 0. The Morgan fingerprint density at radius 2 is 1.57 bits per heavy atom. The van der Waals surface area contributed by atoms with Crippen molar-refractivity contribution >= 4 is 0 Å². The molecule has 1 N–H and O–H groups in total. The molecular formula is C18H16N2O. The number of hydrogen-bond donors (Lipinski definition) is 1. The maximum atomic E-state index is 11.6. The molecule has 0 saturated carbocycles. The summed E-state index contributed by atoms with van der Waals surface area (Å²) < 4.78 is 2.00. The van der Waals surface area contributed by atoms with Crippen LogP contribution in [0.4, 0.5) is 0 Å². The Bertz CT molecular complexity index is 774. The predicted molar refractivity (Wildman–Crippen MR) is 81.9 cm³/mol. The van der Waals surface area contributed by atoms with E-state index in [1.54, 1.807) is 6.20 Å². The average molecular weight is 276 g/mol. The molecule has 1 heterocycles. The van der Waals surface area contributed by atoms with Crippen molar-refractivity contribution in [2.75, 3.05) is 0 Å². The van der Waals surface area contributed by atoms with Crippen molar-refractivity contribution in [3.63, 3.8) is 0 Å². The van der Waals surface area contributed by atoms with Crippen LogP contribution in [-0.2, 0) is 12.1 Å². The first kappa shape index (κ1) is 12.4. The van der Waals surface area contributed by atoms with E-state index in [9.17, 15) is 5.11 Å². The molecule has 21 heavy (non-hydrogen) atoms. The van der Waals surface area contributed by atoms with Gasteiger partial charge in [-0.15, -0.1) is 0 Å². The van der Waals surface area contributed by atoms with Crippen LogP contribution in [-0.4, -0.2) is 14.7 Å². The lowest BCUT2D eigenvalue weighted by Crippen LogP contribution is -2.30. The zero-order valence-electron chi connectivity index (χ0n) is 11.8. The molecule has 2 aromatic carbocycles. The molecule has 3 nitrogen and oxygen atoms in total. The molecule has 0 fully saturated rings. The van der Waals surface area contributed by atoms with Crippen molar-refractivity contribution < 1.29 is 5.11 Å². The first-order valence-electron chi connectivity index (χ1n) is 7.20. The Morgan fingerprint density at radius 1 is 1.00 bits per heavy atom. The monoisotopic (exact) mass is 276 g/mol. The second-order valence-corrected chi connectivity index (χ2v) is 5.34. The molecule has 3 aromatic rings. The number of rotatable bonds is 2. The molecule has 0 atom stereocenters. The molecule has 1 aliphatic carbocycles. The van der Waals surface area contributed by atoms with Gasteiger partial charge in [0.2, 0.25) is 0 Å². The third-order valence-electron chi connectivity index (χ3n) is 4.30. The van der Waals surface area contributed by atoms with Gasteiger partial charge in [0.25, 0.3) is 0 Å². The summed E-state index contributed by atoms with van der Waals surface area (Å²) in [5.74, 6) is 0.683. The van der Waals surface area contributed by atoms with Crippen LogP contribution in [0.25, 0.3) is 11.1 Å². The third kappa shape index (κ3) is 1.49. The summed E-state index contributed by atoms with van der Waals surface area (Å²) >= 11 is 0. The van der Waals surface area contributed by atoms with Crippen molar-refractivity contribution in [3.05, 3.63) is 77.9 Å². The van der Waals surface area contributed by atoms with Crippen LogP contribution >= 0.6 is 0 Å². The van der Waals surface area contributed by atoms with E-state index in [0.717, 1.165) is 28.8 Å². The van der Waals surface area contributed by atoms with Gasteiger partial charge in [0.05, 0.1) is 0 Å². The van der Waals surface area contributed by atoms with Crippen molar-refractivity contribution in [2.24, 2.45) is 0 Å². The standard InChI is InChI=1S/C18H16N2O/c1-2-20-12-11-19-17(20)18(21)15-9-5-3-7-13(15)14-8-4-6-10-16(14)18/h3-12,21H,2H2,1H3. The van der Waals surface area contributed by atoms with Crippen LogP contribution in [0, 0.1) is 0 Å². The highest BCUT2D eigenvalue weighted by molar-refractivity contribution is 5.81. The lowest BCUT2D eigenvalue weighted by Gasteiger charge is -2.25. The van der Waals surface area contributed by atoms with Crippen LogP contribution < -0.4 is 0 Å². The molecule has 1 aliphatic rings. The Labute approximate surface area is 123 Å². The van der Waals surface area contributed by atoms with Gasteiger partial charge in [-0.3, -0.25) is 0 Å². The fourth-order valence-corrected chi connectivity index (χ4v) is 3.34. The van der Waals surface area contributed by atoms with E-state index in [-0.39, 0.29) is 0 Å². The number of imidazole rings is 1. The zero-order chi connectivity index (χ0) is 14.4. The normalized spacial score (nSPS) is 14.8. The summed E-state index contributed by atoms with van der Waals surface area (Å²) in [5.41, 5.74) is 2.81. The highest BCUT2D eigenvalue weighted by Gasteiger charge is 2.45. The van der Waals surface area contributed by atoms with E-state index in [4.69, 9.17) is 0 Å². The number of aliphatic hydroxyl groups is 1. The summed E-state index contributed by atoms with van der Waals surface area (Å²) in [6, 6.07) is 16.1. The number of nitrogens with zero attached hydrogens (tertiary/aromatic N) is 2. The quantitative estimate of drug-likeness (QED) is 0.780. The van der Waals surface area contributed by atoms with Crippen LogP contribution in [0.2, 0.25) is 0 Å². The number of aryl methyl sites for hydroxylation is 1. The lowest BCUT2D eigenvalue weighted by molar-refractivity contribution is 0.116. The molecule has 4 rings (SSSR count). The van der Waals surface area contributed by atoms with Crippen LogP contribution in [0.5, 0.6) is 0 Å². The van der Waals surface area contributed by atoms with E-state index >= 15 is 0 Å². The Morgan fingerprint density at radius 3 is 2.14 bits per heavy atom. The smallest absolute Gasteiger partial charge is 0.174 e. The largest absolute Gasteiger partial charge is 0.373 e. The van der Waals surface area contributed by atoms with Crippen LogP contribution in [0.1, 0.15) is 23.9 Å². The van der Waals surface area contributed by atoms with Crippen molar-refractivity contribution in [3.8, 4) is 11.1 Å². The van der Waals surface area contributed by atoms with Gasteiger partial charge in [0.15, 0.2) is 5.60 Å². The van der Waals surface area contributed by atoms with Crippen molar-refractivity contribution in [2.45, 2.75) is 19.1 Å². The van der Waals surface area contributed by atoms with Gasteiger partial charge >= 0.3 is 0 Å². The molecule has 3 heteroatoms. The van der Waals surface area contributed by atoms with E-state index in [0.29, 0.717) is 5.82 Å². The fourth-order valence-electron chi connectivity index (χ4n) is 3.34. The van der Waals surface area contributed by atoms with Gasteiger partial charge in [-0.1, -0.05) is 48.5 Å². The topological polar surface area (TPSA) is 38.0 Å². The van der Waals surface area contributed by atoms with Gasteiger partial charge in [-0.2, -0.15) is 0 Å². The maximum Gasteiger partial charge on any atom is 0.174 e. The highest BCUT2D eigenvalue weighted by atomic mass is 16.3. The Kier molecular flexibility index (Phi) is 2.53. The van der Waals surface area contributed by atoms with Gasteiger partial charge in [-0.05, 0) is 18.1 Å². The van der Waals surface area contributed by atoms with Gasteiger partial charge in [0, 0.05) is 30.1 Å². The van der Waals surface area contributed by atoms with Gasteiger partial charge in [0.1, 0.15) is 5.82 Å². The maximum absolute atomic E-state index is 11.6. The van der Waals surface area contributed by atoms with Gasteiger partial charge in [-0.25, -0.2) is 4.98 Å². The zero-order valence-corrected chi connectivity index (χ0v) is 11.8. The third-order valence-corrected chi connectivity index (χ3v) is 4.30. The summed E-state index contributed by atoms with van der Waals surface area (Å²) in [4.78, 5) is 4.45. The van der Waals surface area contributed by atoms with E-state index in [1.165, 1.54) is 0 Å². The SMILES string of the molecule is CCn1ccnc1C1(O)c2ccccc2-c2ccccc21. The Balaban J connectivity index is 2.09. The molecule has 0 bridgehead atoms. The summed E-state index contributed by atoms with van der Waals surface area (Å²) in [6.07, 6.45) is 3.66. The first-order chi connectivity index (χ1) is 10.3. The number of aromatic nitrogens is 2. The minimum atomic E-state index is -1.17. The fraction of sp³-hybridized carbons (Fsp3) is 0.167. The molecule has 0 aliphatic heterocycles. The lowest BCUT2D eigenvalue weighted by atomic mass is 9.90. The van der Waals surface area contributed by atoms with E-state index in [1.807, 2.05) is 47.2 Å².